The summed E-state index contributed by atoms with van der Waals surface area (Å²) in [6.45, 7) is -0.0613. The van der Waals surface area contributed by atoms with E-state index in [1.54, 1.807) is 0 Å². The van der Waals surface area contributed by atoms with E-state index in [1.165, 1.54) is 24.3 Å². The Kier molecular flexibility index (Phi) is 4.75. The highest BCUT2D eigenvalue weighted by Crippen LogP contribution is 2.10. The van der Waals surface area contributed by atoms with Crippen LogP contribution in [-0.2, 0) is 22.7 Å². The Bertz CT molecular complexity index is 569. The van der Waals surface area contributed by atoms with Gasteiger partial charge in [-0.1, -0.05) is 0 Å². The summed E-state index contributed by atoms with van der Waals surface area (Å²) in [5.74, 6) is -2.73. The van der Waals surface area contributed by atoms with Crippen molar-refractivity contribution in [3.8, 4) is 0 Å². The van der Waals surface area contributed by atoms with Gasteiger partial charge in [0.05, 0.1) is 0 Å². The average molecular weight is 294 g/mol. The summed E-state index contributed by atoms with van der Waals surface area (Å²) in [6.07, 6.45) is 0. The number of carbonyl (C=O) groups is 2. The maximum Gasteiger partial charge on any atom is 0.149 e. The molecule has 8 nitrogen and oxygen atoms in total. The molecule has 0 saturated carbocycles. The molecule has 0 atom stereocenters. The molecule has 0 amide bonds. The Morgan fingerprint density at radius 3 is 1.62 bits per heavy atom. The van der Waals surface area contributed by atoms with Crippen molar-refractivity contribution in [1.82, 2.24) is 0 Å². The molecule has 2 heterocycles. The van der Waals surface area contributed by atoms with E-state index >= 15 is 0 Å². The van der Waals surface area contributed by atoms with Crippen molar-refractivity contribution < 1.29 is 38.1 Å². The van der Waals surface area contributed by atoms with E-state index in [9.17, 15) is 19.8 Å². The van der Waals surface area contributed by atoms with Gasteiger partial charge in [-0.05, 0) is 24.3 Å². The minimum Gasteiger partial charge on any atom is -0.542 e. The minimum atomic E-state index is -1.40. The fraction of sp³-hybridized carbons (Fsp3) is 0.231. The van der Waals surface area contributed by atoms with Crippen LogP contribution in [0.25, 0.3) is 0 Å². The third-order valence-corrected chi connectivity index (χ3v) is 2.38. The van der Waals surface area contributed by atoms with Gasteiger partial charge in [0, 0.05) is 0 Å². The van der Waals surface area contributed by atoms with Gasteiger partial charge in [-0.3, -0.25) is 0 Å². The van der Waals surface area contributed by atoms with Crippen LogP contribution in [0.15, 0.2) is 33.1 Å². The van der Waals surface area contributed by atoms with Crippen LogP contribution in [0, 0.1) is 0 Å². The number of hydrogen-bond acceptors (Lipinski definition) is 8. The van der Waals surface area contributed by atoms with Gasteiger partial charge in [0.25, 0.3) is 0 Å². The van der Waals surface area contributed by atoms with Crippen LogP contribution in [0.2, 0.25) is 0 Å². The van der Waals surface area contributed by atoms with Gasteiger partial charge in [-0.2, -0.15) is 0 Å². The summed E-state index contributed by atoms with van der Waals surface area (Å²) in [5.41, 5.74) is 0. The number of carbonyl (C=O) groups excluding carboxylic acids is 2. The highest BCUT2D eigenvalue weighted by atomic mass is 16.7. The van der Waals surface area contributed by atoms with Gasteiger partial charge in [0.1, 0.15) is 55.0 Å². The summed E-state index contributed by atoms with van der Waals surface area (Å²) >= 11 is 0. The standard InChI is InChI=1S/C13H12O8/c14-12(15)10-3-1-8(20-10)5-18-7-19-6-9-2-4-11(21-9)13(16)17/h1-4H,5-7H2,(H,14,15)(H,16,17)/p-2. The first kappa shape index (κ1) is 14.8. The monoisotopic (exact) mass is 294 g/mol. The first-order chi connectivity index (χ1) is 10.1. The first-order valence-corrected chi connectivity index (χ1v) is 5.82. The van der Waals surface area contributed by atoms with E-state index in [-0.39, 0.29) is 31.5 Å². The Labute approximate surface area is 118 Å². The lowest BCUT2D eigenvalue weighted by molar-refractivity contribution is -0.258. The van der Waals surface area contributed by atoms with Crippen LogP contribution < -0.4 is 10.2 Å². The molecule has 0 N–H and O–H groups in total. The normalized spacial score (nSPS) is 10.7. The molecule has 2 rings (SSSR count). The fourth-order valence-electron chi connectivity index (χ4n) is 1.47. The van der Waals surface area contributed by atoms with Crippen molar-refractivity contribution in [1.29, 1.82) is 0 Å². The number of hydrogen-bond donors (Lipinski definition) is 0. The highest BCUT2D eigenvalue weighted by Gasteiger charge is 2.04. The van der Waals surface area contributed by atoms with Crippen molar-refractivity contribution in [2.24, 2.45) is 0 Å². The zero-order valence-corrected chi connectivity index (χ0v) is 10.7. The molecule has 112 valence electrons. The van der Waals surface area contributed by atoms with Gasteiger partial charge >= 0.3 is 0 Å². The molecule has 0 aliphatic carbocycles. The molecule has 2 aromatic heterocycles. The van der Waals surface area contributed by atoms with Gasteiger partial charge in [0.15, 0.2) is 0 Å². The third kappa shape index (κ3) is 4.20. The second-order valence-corrected chi connectivity index (χ2v) is 3.92. The van der Waals surface area contributed by atoms with Crippen LogP contribution in [0.1, 0.15) is 32.6 Å². The summed E-state index contributed by atoms with van der Waals surface area (Å²) in [5, 5.41) is 20.9. The fourth-order valence-corrected chi connectivity index (χ4v) is 1.47. The van der Waals surface area contributed by atoms with E-state index in [1.807, 2.05) is 0 Å². The second-order valence-electron chi connectivity index (χ2n) is 3.92. The lowest BCUT2D eigenvalue weighted by Crippen LogP contribution is -2.21. The lowest BCUT2D eigenvalue weighted by Gasteiger charge is -2.03. The number of furan rings is 2. The molecule has 0 aliphatic rings. The van der Waals surface area contributed by atoms with Crippen LogP contribution >= 0.6 is 0 Å². The van der Waals surface area contributed by atoms with Crippen LogP contribution in [-0.4, -0.2) is 18.7 Å². The molecule has 0 fully saturated rings. The molecule has 0 unspecified atom stereocenters. The van der Waals surface area contributed by atoms with Gasteiger partial charge in [-0.15, -0.1) is 0 Å². The summed E-state index contributed by atoms with van der Waals surface area (Å²) in [7, 11) is 0. The van der Waals surface area contributed by atoms with Gasteiger partial charge in [0.2, 0.25) is 0 Å². The smallest absolute Gasteiger partial charge is 0.149 e. The molecule has 0 saturated heterocycles. The van der Waals surface area contributed by atoms with Crippen LogP contribution in [0.4, 0.5) is 0 Å². The quantitative estimate of drug-likeness (QED) is 0.461. The predicted molar refractivity (Wildman–Crippen MR) is 60.5 cm³/mol. The maximum atomic E-state index is 10.5. The number of ether oxygens (including phenoxy) is 2. The third-order valence-electron chi connectivity index (χ3n) is 2.38. The van der Waals surface area contributed by atoms with E-state index in [4.69, 9.17) is 18.3 Å². The van der Waals surface area contributed by atoms with E-state index in [2.05, 4.69) is 0 Å². The maximum absolute atomic E-state index is 10.5. The van der Waals surface area contributed by atoms with E-state index in [0.717, 1.165) is 0 Å². The molecule has 0 radical (unpaired) electrons. The number of rotatable bonds is 8. The highest BCUT2D eigenvalue weighted by molar-refractivity contribution is 5.82. The molecule has 0 spiro atoms. The summed E-state index contributed by atoms with van der Waals surface area (Å²) in [6, 6.07) is 5.42. The summed E-state index contributed by atoms with van der Waals surface area (Å²) < 4.78 is 20.0. The first-order valence-electron chi connectivity index (χ1n) is 5.82. The topological polar surface area (TPSA) is 125 Å². The molecule has 0 bridgehead atoms. The van der Waals surface area contributed by atoms with E-state index in [0.29, 0.717) is 11.5 Å². The van der Waals surface area contributed by atoms with E-state index < -0.39 is 11.9 Å². The van der Waals surface area contributed by atoms with Gasteiger partial charge < -0.3 is 38.1 Å². The van der Waals surface area contributed by atoms with Crippen molar-refractivity contribution in [3.63, 3.8) is 0 Å². The Balaban J connectivity index is 1.67. The molecule has 0 aliphatic heterocycles. The molecular weight excluding hydrogens is 284 g/mol. The molecule has 2 aromatic rings. The van der Waals surface area contributed by atoms with Crippen molar-refractivity contribution in [2.45, 2.75) is 13.2 Å². The SMILES string of the molecule is O=C([O-])c1ccc(COCOCc2ccc(C(=O)[O-])o2)o1. The second kappa shape index (κ2) is 6.73. The molecule has 0 aromatic carbocycles. The van der Waals surface area contributed by atoms with Crippen molar-refractivity contribution >= 4 is 11.9 Å². The van der Waals surface area contributed by atoms with Crippen molar-refractivity contribution in [3.05, 3.63) is 47.3 Å². The van der Waals surface area contributed by atoms with Crippen LogP contribution in [0.5, 0.6) is 0 Å². The Morgan fingerprint density at radius 1 is 0.857 bits per heavy atom. The summed E-state index contributed by atoms with van der Waals surface area (Å²) in [4.78, 5) is 20.9. The lowest BCUT2D eigenvalue weighted by atomic mass is 10.4. The van der Waals surface area contributed by atoms with Crippen molar-refractivity contribution in [2.75, 3.05) is 6.79 Å². The zero-order chi connectivity index (χ0) is 15.2. The number of carboxylic acid groups (broad SMARTS) is 2. The Morgan fingerprint density at radius 2 is 1.29 bits per heavy atom. The molecule has 21 heavy (non-hydrogen) atoms. The minimum absolute atomic E-state index is 0.0235. The number of aromatic carboxylic acids is 2. The largest absolute Gasteiger partial charge is 0.542 e. The zero-order valence-electron chi connectivity index (χ0n) is 10.7. The van der Waals surface area contributed by atoms with Crippen LogP contribution in [0.3, 0.4) is 0 Å². The average Bonchev–Trinajstić information content (AvgIpc) is 3.06. The predicted octanol–water partition coefficient (Wildman–Crippen LogP) is -0.710. The molecule has 8 heteroatoms. The molecular formula is C13H10O8-2. The Hall–Kier alpha value is -2.58. The number of carboxylic acids is 2. The van der Waals surface area contributed by atoms with Gasteiger partial charge in [-0.25, -0.2) is 0 Å².